The van der Waals surface area contributed by atoms with E-state index in [0.717, 1.165) is 24.3 Å². The van der Waals surface area contributed by atoms with Crippen molar-refractivity contribution in [1.82, 2.24) is 0 Å². The molecule has 0 saturated carbocycles. The van der Waals surface area contributed by atoms with Gasteiger partial charge in [0.1, 0.15) is 10.5 Å². The molecular weight excluding hydrogens is 288 g/mol. The molecule has 1 aliphatic rings. The average molecular weight is 300 g/mol. The second-order valence-electron chi connectivity index (χ2n) is 4.80. The Kier molecular flexibility index (Phi) is 3.38. The predicted octanol–water partition coefficient (Wildman–Crippen LogP) is 1.81. The van der Waals surface area contributed by atoms with Gasteiger partial charge in [0, 0.05) is 12.1 Å². The maximum Gasteiger partial charge on any atom is 0.340 e. The Labute approximate surface area is 115 Å². The van der Waals surface area contributed by atoms with Crippen molar-refractivity contribution < 1.29 is 22.4 Å². The molecule has 0 fully saturated rings. The van der Waals surface area contributed by atoms with Crippen LogP contribution in [0.4, 0.5) is 5.69 Å². The summed E-state index contributed by atoms with van der Waals surface area (Å²) in [7, 11) is -4.07. The number of hydrogen-bond donors (Lipinski definition) is 0. The van der Waals surface area contributed by atoms with Gasteiger partial charge in [-0.15, -0.1) is 0 Å². The van der Waals surface area contributed by atoms with Gasteiger partial charge in [-0.1, -0.05) is 0 Å². The van der Waals surface area contributed by atoms with E-state index in [1.165, 1.54) is 0 Å². The largest absolute Gasteiger partial charge is 0.386 e. The average Bonchev–Trinajstić information content (AvgIpc) is 2.68. The molecule has 0 N–H and O–H groups in total. The van der Waals surface area contributed by atoms with Crippen molar-refractivity contribution in [1.29, 1.82) is 0 Å². The smallest absolute Gasteiger partial charge is 0.340 e. The van der Waals surface area contributed by atoms with Gasteiger partial charge in [-0.3, -0.25) is 10.1 Å². The summed E-state index contributed by atoms with van der Waals surface area (Å²) in [5.74, 6) is -0.0478. The van der Waals surface area contributed by atoms with E-state index in [9.17, 15) is 18.5 Å². The first-order chi connectivity index (χ1) is 9.20. The zero-order chi connectivity index (χ0) is 15.0. The van der Waals surface area contributed by atoms with Crippen molar-refractivity contribution in [2.75, 3.05) is 0 Å². The summed E-state index contributed by atoms with van der Waals surface area (Å²) in [6.07, 6.45) is 0.221. The molecule has 1 aliphatic heterocycles. The van der Waals surface area contributed by atoms with E-state index in [-0.39, 0.29) is 22.9 Å². The van der Waals surface area contributed by atoms with Crippen molar-refractivity contribution in [2.45, 2.75) is 30.8 Å². The van der Waals surface area contributed by atoms with E-state index in [1.807, 2.05) is 0 Å². The zero-order valence-electron chi connectivity index (χ0n) is 10.8. The fraction of sp³-hybridized carbons (Fsp3) is 0.364. The third kappa shape index (κ3) is 3.05. The third-order valence-electron chi connectivity index (χ3n) is 2.51. The number of benzene rings is 1. The number of nitro groups is 1. The lowest BCUT2D eigenvalue weighted by atomic mass is 10.1. The molecule has 0 atom stereocenters. The zero-order valence-corrected chi connectivity index (χ0v) is 11.6. The molecule has 1 aromatic carbocycles. The Bertz CT molecular complexity index is 663. The van der Waals surface area contributed by atoms with Crippen LogP contribution in [0.5, 0.6) is 0 Å². The van der Waals surface area contributed by atoms with Gasteiger partial charge in [0.2, 0.25) is 5.90 Å². The van der Waals surface area contributed by atoms with Crippen LogP contribution in [0.15, 0.2) is 34.3 Å². The van der Waals surface area contributed by atoms with Gasteiger partial charge in [0.25, 0.3) is 5.69 Å². The number of oxime groups is 1. The van der Waals surface area contributed by atoms with Crippen molar-refractivity contribution >= 4 is 21.7 Å². The minimum Gasteiger partial charge on any atom is -0.386 e. The topological polar surface area (TPSA) is 108 Å². The highest BCUT2D eigenvalue weighted by Gasteiger charge is 2.33. The van der Waals surface area contributed by atoms with Gasteiger partial charge >= 0.3 is 10.1 Å². The maximum absolute atomic E-state index is 12.0. The summed E-state index contributed by atoms with van der Waals surface area (Å²) < 4.78 is 28.8. The molecule has 9 heteroatoms. The van der Waals surface area contributed by atoms with Gasteiger partial charge in [0.05, 0.1) is 11.3 Å². The van der Waals surface area contributed by atoms with Crippen molar-refractivity contribution in [3.05, 3.63) is 34.4 Å². The molecule has 1 aromatic rings. The highest BCUT2D eigenvalue weighted by atomic mass is 32.2. The Morgan fingerprint density at radius 1 is 1.35 bits per heavy atom. The van der Waals surface area contributed by atoms with E-state index >= 15 is 0 Å². The first kappa shape index (κ1) is 14.3. The molecule has 0 bridgehead atoms. The lowest BCUT2D eigenvalue weighted by molar-refractivity contribution is -0.384. The Morgan fingerprint density at radius 3 is 2.40 bits per heavy atom. The molecule has 8 nitrogen and oxygen atoms in total. The minimum absolute atomic E-state index is 0.0478. The van der Waals surface area contributed by atoms with E-state index in [4.69, 9.17) is 9.02 Å². The molecule has 0 spiro atoms. The number of hydrogen-bond acceptors (Lipinski definition) is 7. The van der Waals surface area contributed by atoms with Crippen LogP contribution < -0.4 is 0 Å². The Balaban J connectivity index is 2.17. The van der Waals surface area contributed by atoms with Crippen LogP contribution in [0.1, 0.15) is 20.3 Å². The van der Waals surface area contributed by atoms with E-state index in [0.29, 0.717) is 0 Å². The first-order valence-electron chi connectivity index (χ1n) is 5.64. The van der Waals surface area contributed by atoms with Crippen LogP contribution >= 0.6 is 0 Å². The predicted molar refractivity (Wildman–Crippen MR) is 68.6 cm³/mol. The highest BCUT2D eigenvalue weighted by molar-refractivity contribution is 7.87. The van der Waals surface area contributed by atoms with Gasteiger partial charge in [0.15, 0.2) is 0 Å². The van der Waals surface area contributed by atoms with Crippen LogP contribution in [0, 0.1) is 10.1 Å². The fourth-order valence-corrected chi connectivity index (χ4v) is 2.47. The quantitative estimate of drug-likeness (QED) is 0.478. The molecule has 108 valence electrons. The van der Waals surface area contributed by atoms with E-state index in [1.54, 1.807) is 13.8 Å². The molecule has 20 heavy (non-hydrogen) atoms. The highest BCUT2D eigenvalue weighted by Crippen LogP contribution is 2.25. The first-order valence-corrected chi connectivity index (χ1v) is 7.04. The standard InChI is InChI=1S/C11H12N2O6S/c1-11(2)7-10(12-19-11)18-20(16,17)9-5-3-8(4-6-9)13(14)15/h3-6H,7H2,1-2H3. The van der Waals surface area contributed by atoms with Crippen LogP contribution in [0.25, 0.3) is 0 Å². The number of non-ortho nitro benzene ring substituents is 1. The van der Waals surface area contributed by atoms with Crippen molar-refractivity contribution in [3.8, 4) is 0 Å². The van der Waals surface area contributed by atoms with Crippen molar-refractivity contribution in [2.24, 2.45) is 5.16 Å². The molecule has 0 radical (unpaired) electrons. The molecule has 0 unspecified atom stereocenters. The van der Waals surface area contributed by atoms with Gasteiger partial charge < -0.3 is 9.02 Å². The molecule has 0 amide bonds. The lowest BCUT2D eigenvalue weighted by Gasteiger charge is -2.12. The molecular formula is C11H12N2O6S. The fourth-order valence-electron chi connectivity index (χ4n) is 1.56. The second-order valence-corrected chi connectivity index (χ2v) is 6.35. The van der Waals surface area contributed by atoms with Gasteiger partial charge in [-0.05, 0) is 31.1 Å². The van der Waals surface area contributed by atoms with Crippen LogP contribution in [0.2, 0.25) is 0 Å². The molecule has 0 aromatic heterocycles. The second kappa shape index (κ2) is 4.75. The third-order valence-corrected chi connectivity index (χ3v) is 3.77. The Morgan fingerprint density at radius 2 is 1.95 bits per heavy atom. The van der Waals surface area contributed by atoms with Crippen LogP contribution in [-0.4, -0.2) is 24.8 Å². The van der Waals surface area contributed by atoms with E-state index in [2.05, 4.69) is 5.16 Å². The normalized spacial score (nSPS) is 17.2. The monoisotopic (exact) mass is 300 g/mol. The van der Waals surface area contributed by atoms with Crippen molar-refractivity contribution in [3.63, 3.8) is 0 Å². The number of nitrogens with zero attached hydrogens (tertiary/aromatic N) is 2. The summed E-state index contributed by atoms with van der Waals surface area (Å²) in [6.45, 7) is 3.48. The minimum atomic E-state index is -4.07. The summed E-state index contributed by atoms with van der Waals surface area (Å²) in [6, 6.07) is 4.39. The molecule has 0 aliphatic carbocycles. The summed E-state index contributed by atoms with van der Waals surface area (Å²) in [4.78, 5) is 14.7. The molecule has 1 heterocycles. The van der Waals surface area contributed by atoms with E-state index < -0.39 is 20.6 Å². The molecule has 0 saturated heterocycles. The summed E-state index contributed by atoms with van der Waals surface area (Å²) in [5, 5.41) is 14.1. The van der Waals surface area contributed by atoms with Crippen LogP contribution in [-0.2, 0) is 19.1 Å². The SMILES string of the molecule is CC1(C)CC(OS(=O)(=O)c2ccc([N+](=O)[O-])cc2)=NO1. The summed E-state index contributed by atoms with van der Waals surface area (Å²) in [5.41, 5.74) is -0.813. The van der Waals surface area contributed by atoms with Crippen LogP contribution in [0.3, 0.4) is 0 Å². The van der Waals surface area contributed by atoms with Gasteiger partial charge in [-0.25, -0.2) is 0 Å². The molecule has 2 rings (SSSR count). The number of rotatable bonds is 3. The van der Waals surface area contributed by atoms with Gasteiger partial charge in [-0.2, -0.15) is 8.42 Å². The number of nitro benzene ring substituents is 1. The maximum atomic E-state index is 12.0. The Hall–Kier alpha value is -2.16. The summed E-state index contributed by atoms with van der Waals surface area (Å²) >= 11 is 0. The lowest BCUT2D eigenvalue weighted by Crippen LogP contribution is -2.21.